The average Bonchev–Trinajstić information content (AvgIpc) is 2.98. The molecule has 1 aliphatic heterocycles. The van der Waals surface area contributed by atoms with Crippen LogP contribution in [0, 0.1) is 0 Å². The molecule has 2 aromatic heterocycles. The zero-order chi connectivity index (χ0) is 15.9. The van der Waals surface area contributed by atoms with Gasteiger partial charge in [0.15, 0.2) is 0 Å². The first-order chi connectivity index (χ1) is 11.3. The van der Waals surface area contributed by atoms with E-state index in [1.165, 1.54) is 4.88 Å². The Morgan fingerprint density at radius 2 is 2.09 bits per heavy atom. The summed E-state index contributed by atoms with van der Waals surface area (Å²) in [5, 5.41) is 2.13. The van der Waals surface area contributed by atoms with Crippen molar-refractivity contribution in [2.75, 3.05) is 26.2 Å². The van der Waals surface area contributed by atoms with Crippen LogP contribution in [0.25, 0.3) is 0 Å². The summed E-state index contributed by atoms with van der Waals surface area (Å²) in [6.45, 7) is 4.76. The van der Waals surface area contributed by atoms with Crippen LogP contribution in [0.1, 0.15) is 23.4 Å². The van der Waals surface area contributed by atoms with Gasteiger partial charge in [-0.2, -0.15) is 0 Å². The average molecular weight is 329 g/mol. The van der Waals surface area contributed by atoms with Crippen LogP contribution in [0.2, 0.25) is 0 Å². The van der Waals surface area contributed by atoms with Gasteiger partial charge < -0.3 is 4.90 Å². The predicted octanol–water partition coefficient (Wildman–Crippen LogP) is 2.81. The highest BCUT2D eigenvalue weighted by molar-refractivity contribution is 7.09. The van der Waals surface area contributed by atoms with Crippen molar-refractivity contribution in [1.29, 1.82) is 0 Å². The van der Waals surface area contributed by atoms with Crippen molar-refractivity contribution in [3.8, 4) is 0 Å². The molecule has 23 heavy (non-hydrogen) atoms. The van der Waals surface area contributed by atoms with E-state index in [4.69, 9.17) is 0 Å². The zero-order valence-electron chi connectivity index (χ0n) is 13.4. The van der Waals surface area contributed by atoms with E-state index in [9.17, 15) is 4.79 Å². The van der Waals surface area contributed by atoms with Crippen molar-refractivity contribution in [3.05, 3.63) is 52.5 Å². The number of hydrogen-bond acceptors (Lipinski definition) is 4. The Hall–Kier alpha value is -1.72. The lowest BCUT2D eigenvalue weighted by molar-refractivity contribution is -0.131. The molecule has 0 saturated carbocycles. The number of amides is 1. The summed E-state index contributed by atoms with van der Waals surface area (Å²) in [7, 11) is 0. The molecule has 0 aromatic carbocycles. The maximum absolute atomic E-state index is 12.4. The van der Waals surface area contributed by atoms with Crippen LogP contribution < -0.4 is 0 Å². The first-order valence-corrected chi connectivity index (χ1v) is 9.11. The second-order valence-corrected chi connectivity index (χ2v) is 6.94. The first-order valence-electron chi connectivity index (χ1n) is 8.24. The molecule has 0 aliphatic carbocycles. The van der Waals surface area contributed by atoms with E-state index in [1.54, 1.807) is 6.20 Å². The highest BCUT2D eigenvalue weighted by atomic mass is 32.1. The number of carbonyl (C=O) groups is 1. The Kier molecular flexibility index (Phi) is 5.77. The molecule has 0 bridgehead atoms. The van der Waals surface area contributed by atoms with Gasteiger partial charge in [-0.25, -0.2) is 0 Å². The number of aryl methyl sites for hydroxylation is 1. The molecule has 1 fully saturated rings. The molecule has 0 radical (unpaired) electrons. The highest BCUT2D eigenvalue weighted by Crippen LogP contribution is 2.14. The van der Waals surface area contributed by atoms with Crippen molar-refractivity contribution in [3.63, 3.8) is 0 Å². The van der Waals surface area contributed by atoms with E-state index in [0.717, 1.165) is 51.3 Å². The van der Waals surface area contributed by atoms with Gasteiger partial charge in [0, 0.05) is 55.9 Å². The molecule has 3 rings (SSSR count). The van der Waals surface area contributed by atoms with E-state index < -0.39 is 0 Å². The quantitative estimate of drug-likeness (QED) is 0.846. The Labute approximate surface area is 141 Å². The standard InChI is InChI=1S/C18H23N3OS/c22-18(8-7-16-5-1-2-9-19-16)21-11-4-10-20(12-13-21)15-17-6-3-14-23-17/h1-3,5-6,9,14H,4,7-8,10-13,15H2. The smallest absolute Gasteiger partial charge is 0.223 e. The maximum atomic E-state index is 12.4. The van der Waals surface area contributed by atoms with E-state index in [2.05, 4.69) is 27.4 Å². The fraction of sp³-hybridized carbons (Fsp3) is 0.444. The minimum atomic E-state index is 0.258. The Bertz CT molecular complexity index is 600. The van der Waals surface area contributed by atoms with Crippen molar-refractivity contribution >= 4 is 17.2 Å². The largest absolute Gasteiger partial charge is 0.341 e. The summed E-state index contributed by atoms with van der Waals surface area (Å²) in [4.78, 5) is 22.6. The lowest BCUT2D eigenvalue weighted by Gasteiger charge is -2.21. The van der Waals surface area contributed by atoms with Crippen molar-refractivity contribution in [2.24, 2.45) is 0 Å². The summed E-state index contributed by atoms with van der Waals surface area (Å²) < 4.78 is 0. The molecule has 0 N–H and O–H groups in total. The lowest BCUT2D eigenvalue weighted by Crippen LogP contribution is -2.35. The van der Waals surface area contributed by atoms with Crippen LogP contribution in [-0.4, -0.2) is 46.9 Å². The van der Waals surface area contributed by atoms with Gasteiger partial charge in [0.2, 0.25) is 5.91 Å². The minimum Gasteiger partial charge on any atom is -0.341 e. The fourth-order valence-corrected chi connectivity index (χ4v) is 3.69. The van der Waals surface area contributed by atoms with Gasteiger partial charge in [-0.1, -0.05) is 12.1 Å². The molecule has 0 spiro atoms. The van der Waals surface area contributed by atoms with Crippen molar-refractivity contribution in [2.45, 2.75) is 25.8 Å². The Balaban J connectivity index is 1.46. The molecule has 122 valence electrons. The van der Waals surface area contributed by atoms with Crippen molar-refractivity contribution in [1.82, 2.24) is 14.8 Å². The summed E-state index contributed by atoms with van der Waals surface area (Å²) in [6.07, 6.45) is 4.13. The first kappa shape index (κ1) is 16.1. The molecule has 3 heterocycles. The van der Waals surface area contributed by atoms with Crippen LogP contribution in [0.15, 0.2) is 41.9 Å². The van der Waals surface area contributed by atoms with Gasteiger partial charge in [-0.15, -0.1) is 11.3 Å². The van der Waals surface area contributed by atoms with Crippen LogP contribution in [0.3, 0.4) is 0 Å². The predicted molar refractivity (Wildman–Crippen MR) is 93.4 cm³/mol. The molecule has 2 aromatic rings. The SMILES string of the molecule is O=C(CCc1ccccn1)N1CCCN(Cc2cccs2)CC1. The second-order valence-electron chi connectivity index (χ2n) is 5.91. The molecule has 4 nitrogen and oxygen atoms in total. The van der Waals surface area contributed by atoms with Gasteiger partial charge in [0.05, 0.1) is 0 Å². The van der Waals surface area contributed by atoms with E-state index in [0.29, 0.717) is 6.42 Å². The van der Waals surface area contributed by atoms with Crippen molar-refractivity contribution < 1.29 is 4.79 Å². The van der Waals surface area contributed by atoms with Gasteiger partial charge in [-0.05, 0) is 36.4 Å². The minimum absolute atomic E-state index is 0.258. The Morgan fingerprint density at radius 3 is 2.87 bits per heavy atom. The molecule has 1 saturated heterocycles. The summed E-state index contributed by atoms with van der Waals surface area (Å²) in [5.41, 5.74) is 0.995. The number of nitrogens with zero attached hydrogens (tertiary/aromatic N) is 3. The molecule has 5 heteroatoms. The molecule has 1 amide bonds. The Morgan fingerprint density at radius 1 is 1.13 bits per heavy atom. The maximum Gasteiger partial charge on any atom is 0.223 e. The fourth-order valence-electron chi connectivity index (χ4n) is 2.94. The lowest BCUT2D eigenvalue weighted by atomic mass is 10.2. The van der Waals surface area contributed by atoms with Gasteiger partial charge in [0.25, 0.3) is 0 Å². The molecular formula is C18H23N3OS. The molecule has 0 unspecified atom stereocenters. The van der Waals surface area contributed by atoms with Crippen LogP contribution in [0.4, 0.5) is 0 Å². The molecule has 0 atom stereocenters. The number of thiophene rings is 1. The van der Waals surface area contributed by atoms with Crippen LogP contribution in [0.5, 0.6) is 0 Å². The van der Waals surface area contributed by atoms with Crippen LogP contribution in [-0.2, 0) is 17.8 Å². The summed E-state index contributed by atoms with van der Waals surface area (Å²) in [6, 6.07) is 10.2. The molecular weight excluding hydrogens is 306 g/mol. The number of rotatable bonds is 5. The highest BCUT2D eigenvalue weighted by Gasteiger charge is 2.19. The number of hydrogen-bond donors (Lipinski definition) is 0. The zero-order valence-corrected chi connectivity index (χ0v) is 14.2. The van der Waals surface area contributed by atoms with Gasteiger partial charge in [0.1, 0.15) is 0 Å². The molecule has 1 aliphatic rings. The van der Waals surface area contributed by atoms with E-state index in [1.807, 2.05) is 34.4 Å². The van der Waals surface area contributed by atoms with Gasteiger partial charge >= 0.3 is 0 Å². The summed E-state index contributed by atoms with van der Waals surface area (Å²) >= 11 is 1.81. The third-order valence-electron chi connectivity index (χ3n) is 4.22. The summed E-state index contributed by atoms with van der Waals surface area (Å²) in [5.74, 6) is 0.258. The van der Waals surface area contributed by atoms with E-state index in [-0.39, 0.29) is 5.91 Å². The third kappa shape index (κ3) is 4.88. The normalized spacial score (nSPS) is 16.3. The third-order valence-corrected chi connectivity index (χ3v) is 5.08. The topological polar surface area (TPSA) is 36.4 Å². The monoisotopic (exact) mass is 329 g/mol. The van der Waals surface area contributed by atoms with Gasteiger partial charge in [-0.3, -0.25) is 14.7 Å². The number of aromatic nitrogens is 1. The second kappa shape index (κ2) is 8.22. The van der Waals surface area contributed by atoms with Crippen LogP contribution >= 0.6 is 11.3 Å². The van der Waals surface area contributed by atoms with E-state index >= 15 is 0 Å². The number of carbonyl (C=O) groups excluding carboxylic acids is 1. The number of pyridine rings is 1.